The van der Waals surface area contributed by atoms with Gasteiger partial charge in [0, 0.05) is 24.6 Å². The van der Waals surface area contributed by atoms with E-state index < -0.39 is 45.8 Å². The van der Waals surface area contributed by atoms with Crippen LogP contribution in [0.5, 0.6) is 5.75 Å². The molecule has 156 valence electrons. The zero-order chi connectivity index (χ0) is 20.8. The lowest BCUT2D eigenvalue weighted by molar-refractivity contribution is -0.140. The van der Waals surface area contributed by atoms with Crippen LogP contribution in [0.15, 0.2) is 24.3 Å². The second kappa shape index (κ2) is 7.01. The highest BCUT2D eigenvalue weighted by atomic mass is 32.2. The molecule has 2 fully saturated rings. The number of amides is 4. The van der Waals surface area contributed by atoms with Gasteiger partial charge in [-0.05, 0) is 19.4 Å². The predicted molar refractivity (Wildman–Crippen MR) is 103 cm³/mol. The first-order chi connectivity index (χ1) is 13.8. The lowest BCUT2D eigenvalue weighted by Crippen LogP contribution is -2.49. The highest BCUT2D eigenvalue weighted by molar-refractivity contribution is 7.91. The number of imide groups is 1. The molecular formula is C19H23N3O6S. The maximum atomic E-state index is 13.2. The Labute approximate surface area is 168 Å². The molecule has 3 aliphatic rings. The van der Waals surface area contributed by atoms with Crippen LogP contribution in [-0.2, 0) is 25.0 Å². The van der Waals surface area contributed by atoms with Gasteiger partial charge >= 0.3 is 6.03 Å². The Balaban J connectivity index is 1.55. The van der Waals surface area contributed by atoms with E-state index in [-0.39, 0.29) is 24.5 Å². The molecule has 0 saturated carbocycles. The number of urea groups is 1. The van der Waals surface area contributed by atoms with E-state index in [2.05, 4.69) is 5.32 Å². The van der Waals surface area contributed by atoms with Crippen molar-refractivity contribution >= 4 is 27.7 Å². The Kier molecular flexibility index (Phi) is 4.76. The Morgan fingerprint density at radius 1 is 1.34 bits per heavy atom. The number of hydrogen-bond acceptors (Lipinski definition) is 6. The minimum atomic E-state index is -3.16. The van der Waals surface area contributed by atoms with Gasteiger partial charge in [0.05, 0.1) is 18.1 Å². The summed E-state index contributed by atoms with van der Waals surface area (Å²) >= 11 is 0. The number of ether oxygens (including phenoxy) is 1. The second-order valence-electron chi connectivity index (χ2n) is 7.56. The number of hydrogen-bond donors (Lipinski definition) is 1. The molecule has 3 heterocycles. The van der Waals surface area contributed by atoms with Crippen LogP contribution >= 0.6 is 0 Å². The van der Waals surface area contributed by atoms with Crippen molar-refractivity contribution in [2.24, 2.45) is 0 Å². The van der Waals surface area contributed by atoms with Crippen LogP contribution in [0.2, 0.25) is 0 Å². The predicted octanol–water partition coefficient (Wildman–Crippen LogP) is 0.252. The summed E-state index contributed by atoms with van der Waals surface area (Å²) in [7, 11) is -3.16. The molecule has 0 aromatic heterocycles. The molecule has 0 aliphatic carbocycles. The van der Waals surface area contributed by atoms with Crippen molar-refractivity contribution < 1.29 is 27.5 Å². The first-order valence-electron chi connectivity index (χ1n) is 9.64. The standard InChI is InChI=1S/C19H23N3O6S/c1-2-21(13-7-10-29(26,27)12-13)16(23)11-22-17(24)19(20-18(22)25)8-9-28-15-6-4-3-5-14(15)19/h3-6,13H,2,7-12H2,1H3,(H,20,25)/t13-,19-/m1/s1. The number of nitrogens with one attached hydrogen (secondary N) is 1. The number of carbonyl (C=O) groups excluding carboxylic acids is 3. The zero-order valence-electron chi connectivity index (χ0n) is 16.1. The second-order valence-corrected chi connectivity index (χ2v) is 9.79. The molecule has 1 N–H and O–H groups in total. The van der Waals surface area contributed by atoms with Crippen molar-refractivity contribution in [1.82, 2.24) is 15.1 Å². The maximum absolute atomic E-state index is 13.2. The molecule has 10 heteroatoms. The van der Waals surface area contributed by atoms with Gasteiger partial charge in [-0.3, -0.25) is 14.5 Å². The van der Waals surface area contributed by atoms with Crippen LogP contribution in [0.25, 0.3) is 0 Å². The van der Waals surface area contributed by atoms with E-state index in [0.717, 1.165) is 4.90 Å². The minimum Gasteiger partial charge on any atom is -0.493 e. The summed E-state index contributed by atoms with van der Waals surface area (Å²) in [5.74, 6) is -0.421. The van der Waals surface area contributed by atoms with E-state index in [1.807, 2.05) is 0 Å². The zero-order valence-corrected chi connectivity index (χ0v) is 16.9. The molecule has 0 radical (unpaired) electrons. The molecule has 29 heavy (non-hydrogen) atoms. The van der Waals surface area contributed by atoms with Crippen molar-refractivity contribution in [3.63, 3.8) is 0 Å². The lowest BCUT2D eigenvalue weighted by Gasteiger charge is -2.33. The quantitative estimate of drug-likeness (QED) is 0.698. The molecule has 2 saturated heterocycles. The molecule has 0 bridgehead atoms. The van der Waals surface area contributed by atoms with Crippen LogP contribution in [0.1, 0.15) is 25.3 Å². The van der Waals surface area contributed by atoms with Crippen molar-refractivity contribution in [3.05, 3.63) is 29.8 Å². The molecule has 1 aromatic rings. The van der Waals surface area contributed by atoms with Crippen LogP contribution in [0.4, 0.5) is 4.79 Å². The Bertz CT molecular complexity index is 978. The third-order valence-corrected chi connectivity index (χ3v) is 7.61. The number of benzene rings is 1. The largest absolute Gasteiger partial charge is 0.493 e. The lowest BCUT2D eigenvalue weighted by atomic mass is 9.84. The van der Waals surface area contributed by atoms with Gasteiger partial charge in [-0.1, -0.05) is 18.2 Å². The first-order valence-corrected chi connectivity index (χ1v) is 11.5. The SMILES string of the molecule is CCN(C(=O)CN1C(=O)N[C@@]2(CCOc3ccccc32)C1=O)[C@@H]1CCS(=O)(=O)C1. The number of para-hydroxylation sites is 1. The van der Waals surface area contributed by atoms with Crippen LogP contribution < -0.4 is 10.1 Å². The van der Waals surface area contributed by atoms with Crippen LogP contribution in [0.3, 0.4) is 0 Å². The topological polar surface area (TPSA) is 113 Å². The van der Waals surface area contributed by atoms with Gasteiger partial charge in [-0.15, -0.1) is 0 Å². The molecule has 9 nitrogen and oxygen atoms in total. The highest BCUT2D eigenvalue weighted by Crippen LogP contribution is 2.40. The van der Waals surface area contributed by atoms with Gasteiger partial charge < -0.3 is 15.0 Å². The first kappa shape index (κ1) is 19.7. The van der Waals surface area contributed by atoms with Crippen molar-refractivity contribution in [2.75, 3.05) is 31.2 Å². The minimum absolute atomic E-state index is 0.0461. The third kappa shape index (κ3) is 3.25. The Morgan fingerprint density at radius 3 is 2.79 bits per heavy atom. The molecule has 1 aromatic carbocycles. The summed E-state index contributed by atoms with van der Waals surface area (Å²) in [6.45, 7) is 1.92. The average molecular weight is 421 g/mol. The molecular weight excluding hydrogens is 398 g/mol. The summed E-state index contributed by atoms with van der Waals surface area (Å²) in [6.07, 6.45) is 0.647. The molecule has 3 aliphatic heterocycles. The fraction of sp³-hybridized carbons (Fsp3) is 0.526. The van der Waals surface area contributed by atoms with E-state index in [9.17, 15) is 22.8 Å². The van der Waals surface area contributed by atoms with Gasteiger partial charge in [0.1, 0.15) is 12.3 Å². The van der Waals surface area contributed by atoms with Gasteiger partial charge in [0.25, 0.3) is 5.91 Å². The molecule has 2 atom stereocenters. The van der Waals surface area contributed by atoms with Crippen molar-refractivity contribution in [2.45, 2.75) is 31.3 Å². The third-order valence-electron chi connectivity index (χ3n) is 5.86. The summed E-state index contributed by atoms with van der Waals surface area (Å²) in [5.41, 5.74) is -0.659. The number of likely N-dealkylation sites (N-methyl/N-ethyl adjacent to an activating group) is 1. The monoisotopic (exact) mass is 421 g/mol. The Morgan fingerprint density at radius 2 is 2.10 bits per heavy atom. The van der Waals surface area contributed by atoms with Gasteiger partial charge in [-0.25, -0.2) is 13.2 Å². The summed E-state index contributed by atoms with van der Waals surface area (Å²) in [6, 6.07) is 5.98. The van der Waals surface area contributed by atoms with Crippen LogP contribution in [-0.4, -0.2) is 73.3 Å². The van der Waals surface area contributed by atoms with E-state index >= 15 is 0 Å². The van der Waals surface area contributed by atoms with Gasteiger partial charge in [0.2, 0.25) is 5.91 Å². The van der Waals surface area contributed by atoms with Gasteiger partial charge in [0.15, 0.2) is 15.4 Å². The van der Waals surface area contributed by atoms with Crippen molar-refractivity contribution in [3.8, 4) is 5.75 Å². The number of fused-ring (bicyclic) bond motifs is 2. The Hall–Kier alpha value is -2.62. The molecule has 4 amide bonds. The molecule has 1 spiro atoms. The summed E-state index contributed by atoms with van der Waals surface area (Å²) < 4.78 is 29.1. The number of sulfone groups is 1. The number of rotatable bonds is 4. The van der Waals surface area contributed by atoms with E-state index in [1.54, 1.807) is 31.2 Å². The maximum Gasteiger partial charge on any atom is 0.325 e. The number of carbonyl (C=O) groups is 3. The summed E-state index contributed by atoms with van der Waals surface area (Å²) in [5, 5.41) is 2.76. The average Bonchev–Trinajstić information content (AvgIpc) is 3.15. The normalized spacial score (nSPS) is 27.5. The smallest absolute Gasteiger partial charge is 0.325 e. The molecule has 0 unspecified atom stereocenters. The van der Waals surface area contributed by atoms with Crippen LogP contribution in [0, 0.1) is 0 Å². The van der Waals surface area contributed by atoms with E-state index in [1.165, 1.54) is 4.90 Å². The fourth-order valence-corrected chi connectivity index (χ4v) is 6.13. The summed E-state index contributed by atoms with van der Waals surface area (Å²) in [4.78, 5) is 41.1. The van der Waals surface area contributed by atoms with Crippen molar-refractivity contribution in [1.29, 1.82) is 0 Å². The van der Waals surface area contributed by atoms with E-state index in [0.29, 0.717) is 24.3 Å². The fourth-order valence-electron chi connectivity index (χ4n) is 4.40. The molecule has 4 rings (SSSR count). The highest BCUT2D eigenvalue weighted by Gasteiger charge is 2.55. The van der Waals surface area contributed by atoms with E-state index in [4.69, 9.17) is 4.74 Å². The van der Waals surface area contributed by atoms with Gasteiger partial charge in [-0.2, -0.15) is 0 Å². The number of nitrogens with zero attached hydrogens (tertiary/aromatic N) is 2.